The first-order valence-corrected chi connectivity index (χ1v) is 7.82. The lowest BCUT2D eigenvalue weighted by molar-refractivity contribution is -0.198. The number of alkyl halides is 2. The van der Waals surface area contributed by atoms with Gasteiger partial charge < -0.3 is 14.7 Å². The van der Waals surface area contributed by atoms with Gasteiger partial charge in [-0.25, -0.2) is 13.6 Å². The van der Waals surface area contributed by atoms with Crippen molar-refractivity contribution in [2.24, 2.45) is 0 Å². The van der Waals surface area contributed by atoms with Crippen molar-refractivity contribution >= 4 is 58.3 Å². The molecule has 12 heteroatoms. The number of nitrogens with zero attached hydrogens (tertiary/aromatic N) is 1. The van der Waals surface area contributed by atoms with E-state index < -0.39 is 51.5 Å². The predicted octanol–water partition coefficient (Wildman–Crippen LogP) is 3.54. The predicted molar refractivity (Wildman–Crippen MR) is 82.7 cm³/mol. The Morgan fingerprint density at radius 1 is 1.20 bits per heavy atom. The molecule has 2 heterocycles. The van der Waals surface area contributed by atoms with Gasteiger partial charge in [0, 0.05) is 5.56 Å². The largest absolute Gasteiger partial charge is 0.465 e. The molecule has 1 N–H and O–H groups in total. The highest BCUT2D eigenvalue weighted by Crippen LogP contribution is 2.56. The number of hydroxylamine groups is 2. The molecule has 1 aromatic carbocycles. The van der Waals surface area contributed by atoms with Crippen molar-refractivity contribution in [3.63, 3.8) is 0 Å². The molecule has 1 unspecified atom stereocenters. The summed E-state index contributed by atoms with van der Waals surface area (Å²) in [4.78, 5) is 29.3. The highest BCUT2D eigenvalue weighted by Gasteiger charge is 2.64. The Bertz CT molecular complexity index is 875. The molecule has 0 saturated carbocycles. The number of benzene rings is 1. The molecular weight excluding hydrogens is 430 g/mol. The van der Waals surface area contributed by atoms with Crippen molar-refractivity contribution in [2.75, 3.05) is 7.11 Å². The van der Waals surface area contributed by atoms with E-state index in [1.807, 2.05) is 0 Å². The molecule has 1 amide bonds. The Balaban J connectivity index is 2.42. The maximum absolute atomic E-state index is 13.2. The second-order valence-electron chi connectivity index (χ2n) is 4.90. The van der Waals surface area contributed by atoms with Gasteiger partial charge in [-0.15, -0.1) is 5.06 Å². The lowest BCUT2D eigenvalue weighted by Gasteiger charge is -2.26. The number of esters is 1. The van der Waals surface area contributed by atoms with E-state index in [1.54, 1.807) is 0 Å². The summed E-state index contributed by atoms with van der Waals surface area (Å²) >= 11 is 23.8. The average Bonchev–Trinajstić information content (AvgIpc) is 2.99. The first-order chi connectivity index (χ1) is 11.6. The molecule has 0 saturated heterocycles. The number of ether oxygens (including phenoxy) is 1. The lowest BCUT2D eigenvalue weighted by atomic mass is 9.93. The highest BCUT2D eigenvalue weighted by atomic mass is 35.5. The van der Waals surface area contributed by atoms with Crippen molar-refractivity contribution in [1.29, 1.82) is 0 Å². The van der Waals surface area contributed by atoms with Crippen molar-refractivity contribution in [2.45, 2.75) is 12.2 Å². The van der Waals surface area contributed by atoms with Crippen molar-refractivity contribution < 1.29 is 33.1 Å². The van der Waals surface area contributed by atoms with Gasteiger partial charge in [0.2, 0.25) is 11.5 Å². The first-order valence-electron chi connectivity index (χ1n) is 6.31. The van der Waals surface area contributed by atoms with E-state index >= 15 is 0 Å². The zero-order valence-corrected chi connectivity index (χ0v) is 14.9. The first kappa shape index (κ1) is 18.5. The minimum absolute atomic E-state index is 0.149. The molecule has 0 spiro atoms. The molecule has 3 rings (SSSR count). The molecule has 0 fully saturated rings. The molecule has 2 aliphatic rings. The van der Waals surface area contributed by atoms with Crippen LogP contribution in [0, 0.1) is 0 Å². The van der Waals surface area contributed by atoms with Gasteiger partial charge >= 0.3 is 5.97 Å². The van der Waals surface area contributed by atoms with Crippen molar-refractivity contribution in [3.05, 3.63) is 42.5 Å². The summed E-state index contributed by atoms with van der Waals surface area (Å²) < 4.78 is 30.9. The van der Waals surface area contributed by atoms with Gasteiger partial charge in [0.1, 0.15) is 5.57 Å². The number of carbonyl (C=O) groups excluding carboxylic acids is 2. The number of halogens is 6. The average molecular weight is 435 g/mol. The summed E-state index contributed by atoms with van der Waals surface area (Å²) in [5, 5.41) is 9.68. The van der Waals surface area contributed by atoms with Gasteiger partial charge in [0.25, 0.3) is 12.3 Å². The second kappa shape index (κ2) is 5.85. The van der Waals surface area contributed by atoms with Crippen LogP contribution in [0.4, 0.5) is 8.78 Å². The Hall–Kier alpha value is -1.32. The van der Waals surface area contributed by atoms with Crippen molar-refractivity contribution in [3.8, 4) is 0 Å². The van der Waals surface area contributed by atoms with Crippen LogP contribution in [-0.4, -0.2) is 35.6 Å². The minimum atomic E-state index is -3.34. The van der Waals surface area contributed by atoms with Gasteiger partial charge in [0.15, 0.2) is 0 Å². The van der Waals surface area contributed by atoms with E-state index in [4.69, 9.17) is 51.2 Å². The zero-order valence-electron chi connectivity index (χ0n) is 11.9. The van der Waals surface area contributed by atoms with Crippen LogP contribution < -0.4 is 0 Å². The van der Waals surface area contributed by atoms with E-state index in [0.29, 0.717) is 0 Å². The molecule has 2 aliphatic heterocycles. The van der Waals surface area contributed by atoms with Crippen LogP contribution in [0.2, 0.25) is 20.1 Å². The molecule has 1 atom stereocenters. The number of allylic oxidation sites excluding steroid dienone is 1. The topological polar surface area (TPSA) is 76.1 Å². The normalized spacial score (nSPS) is 21.6. The van der Waals surface area contributed by atoms with E-state index in [0.717, 1.165) is 7.11 Å². The minimum Gasteiger partial charge on any atom is -0.465 e. The van der Waals surface area contributed by atoms with E-state index in [1.165, 1.54) is 0 Å². The van der Waals surface area contributed by atoms with Crippen molar-refractivity contribution in [1.82, 2.24) is 5.06 Å². The number of hydrogen-bond acceptors (Lipinski definition) is 5. The van der Waals surface area contributed by atoms with Gasteiger partial charge in [-0.1, -0.05) is 46.4 Å². The Morgan fingerprint density at radius 2 is 1.76 bits per heavy atom. The van der Waals surface area contributed by atoms with Crippen LogP contribution >= 0.6 is 46.4 Å². The van der Waals surface area contributed by atoms with E-state index in [2.05, 4.69) is 4.74 Å². The number of amides is 1. The summed E-state index contributed by atoms with van der Waals surface area (Å²) in [6.07, 6.45) is -3.34. The maximum Gasteiger partial charge on any atom is 0.342 e. The van der Waals surface area contributed by atoms with Gasteiger partial charge in [-0.3, -0.25) is 4.79 Å². The summed E-state index contributed by atoms with van der Waals surface area (Å²) in [6.45, 7) is 0. The fourth-order valence-electron chi connectivity index (χ4n) is 2.65. The molecule has 134 valence electrons. The van der Waals surface area contributed by atoms with E-state index in [-0.39, 0.29) is 20.1 Å². The van der Waals surface area contributed by atoms with Crippen LogP contribution in [0.5, 0.6) is 0 Å². The van der Waals surface area contributed by atoms with Crippen LogP contribution in [-0.2, 0) is 20.1 Å². The number of aliphatic hydroxyl groups is 1. The molecule has 0 radical (unpaired) electrons. The third-order valence-corrected chi connectivity index (χ3v) is 5.48. The summed E-state index contributed by atoms with van der Waals surface area (Å²) in [5.41, 5.74) is -4.76. The second-order valence-corrected chi connectivity index (χ2v) is 6.41. The van der Waals surface area contributed by atoms with Gasteiger partial charge in [-0.2, -0.15) is 0 Å². The Kier molecular flexibility index (Phi) is 4.32. The Labute approximate surface area is 158 Å². The molecule has 1 aromatic rings. The number of carbonyl (C=O) groups is 2. The van der Waals surface area contributed by atoms with E-state index in [9.17, 15) is 23.5 Å². The highest BCUT2D eigenvalue weighted by molar-refractivity contribution is 6.53. The van der Waals surface area contributed by atoms with Gasteiger partial charge in [0.05, 0.1) is 32.8 Å². The quantitative estimate of drug-likeness (QED) is 0.437. The smallest absolute Gasteiger partial charge is 0.342 e. The van der Waals surface area contributed by atoms with Crippen LogP contribution in [0.1, 0.15) is 15.9 Å². The van der Waals surface area contributed by atoms with Crippen LogP contribution in [0.3, 0.4) is 0 Å². The van der Waals surface area contributed by atoms with Gasteiger partial charge in [-0.05, 0) is 0 Å². The lowest BCUT2D eigenvalue weighted by Crippen LogP contribution is -2.42. The SMILES string of the molecule is COC(=O)C1=C(C(F)F)ON2C(=O)c3c(Cl)c(Cl)c(Cl)c(Cl)c3C12O. The standard InChI is InChI=1S/C13H5Cl4F2NO5/c1-24-12(22)4-9(10(18)19)25-20-11(21)2-3(13(4,20)23)6(15)8(17)7(16)5(2)14/h10,23H,1H3. The number of methoxy groups -OCH3 is 1. The third kappa shape index (κ3) is 2.18. The Morgan fingerprint density at radius 3 is 2.28 bits per heavy atom. The number of hydrogen-bond donors (Lipinski definition) is 1. The third-order valence-electron chi connectivity index (χ3n) is 3.68. The molecule has 25 heavy (non-hydrogen) atoms. The molecular formula is C13H5Cl4F2NO5. The molecule has 0 aliphatic carbocycles. The van der Waals surface area contributed by atoms with Crippen LogP contribution in [0.25, 0.3) is 0 Å². The summed E-state index contributed by atoms with van der Waals surface area (Å²) in [5.74, 6) is -3.76. The fourth-order valence-corrected chi connectivity index (χ4v) is 3.72. The molecule has 0 bridgehead atoms. The number of fused-ring (bicyclic) bond motifs is 3. The van der Waals surface area contributed by atoms with Crippen LogP contribution in [0.15, 0.2) is 11.3 Å². The monoisotopic (exact) mass is 433 g/mol. The molecule has 6 nitrogen and oxygen atoms in total. The summed E-state index contributed by atoms with van der Waals surface area (Å²) in [6, 6.07) is 0. The maximum atomic E-state index is 13.2. The number of rotatable bonds is 2. The zero-order chi connectivity index (χ0) is 18.8. The summed E-state index contributed by atoms with van der Waals surface area (Å²) in [7, 11) is 0.894. The fraction of sp³-hybridized carbons (Fsp3) is 0.231. The molecule has 0 aromatic heterocycles.